The first-order valence-electron chi connectivity index (χ1n) is 6.78. The number of hydrogen-bond acceptors (Lipinski definition) is 3. The molecule has 1 aliphatic carbocycles. The molecule has 2 rings (SSSR count). The Morgan fingerprint density at radius 2 is 1.95 bits per heavy atom. The average Bonchev–Trinajstić information content (AvgIpc) is 2.40. The van der Waals surface area contributed by atoms with Gasteiger partial charge in [0.15, 0.2) is 0 Å². The number of amides is 1. The molecule has 1 amide bonds. The maximum Gasteiger partial charge on any atom is 0.329 e. The Morgan fingerprint density at radius 1 is 1.25 bits per heavy atom. The number of ether oxygens (including phenoxy) is 1. The lowest BCUT2D eigenvalue weighted by atomic mass is 9.77. The minimum absolute atomic E-state index is 0.0954. The van der Waals surface area contributed by atoms with E-state index in [0.717, 1.165) is 18.4 Å². The topological polar surface area (TPSA) is 75.6 Å². The van der Waals surface area contributed by atoms with Gasteiger partial charge in [0.2, 0.25) is 5.91 Å². The van der Waals surface area contributed by atoms with Crippen LogP contribution in [-0.2, 0) is 20.7 Å². The van der Waals surface area contributed by atoms with E-state index < -0.39 is 11.5 Å². The number of benzene rings is 1. The van der Waals surface area contributed by atoms with Crippen LogP contribution in [0.5, 0.6) is 0 Å². The van der Waals surface area contributed by atoms with E-state index in [0.29, 0.717) is 19.4 Å². The standard InChI is InChI=1S/C15H19NO4/c17-13(16-15(14(18)19)8-4-9-15)11-20-10-7-12-5-2-1-3-6-12/h1-3,5-6H,4,7-11H2,(H,16,17)(H,18,19). The van der Waals surface area contributed by atoms with Gasteiger partial charge in [0.1, 0.15) is 12.1 Å². The lowest BCUT2D eigenvalue weighted by Gasteiger charge is -2.38. The molecular weight excluding hydrogens is 258 g/mol. The van der Waals surface area contributed by atoms with E-state index in [-0.39, 0.29) is 12.5 Å². The summed E-state index contributed by atoms with van der Waals surface area (Å²) in [7, 11) is 0. The predicted octanol–water partition coefficient (Wildman–Crippen LogP) is 1.37. The van der Waals surface area contributed by atoms with Crippen LogP contribution in [-0.4, -0.2) is 35.7 Å². The van der Waals surface area contributed by atoms with Crippen molar-refractivity contribution >= 4 is 11.9 Å². The van der Waals surface area contributed by atoms with Crippen molar-refractivity contribution in [2.45, 2.75) is 31.2 Å². The Labute approximate surface area is 117 Å². The van der Waals surface area contributed by atoms with Gasteiger partial charge in [-0.2, -0.15) is 0 Å². The maximum atomic E-state index is 11.7. The van der Waals surface area contributed by atoms with Crippen LogP contribution in [0.2, 0.25) is 0 Å². The van der Waals surface area contributed by atoms with Gasteiger partial charge in [0.25, 0.3) is 0 Å². The van der Waals surface area contributed by atoms with Gasteiger partial charge in [-0.25, -0.2) is 4.79 Å². The van der Waals surface area contributed by atoms with Gasteiger partial charge in [-0.05, 0) is 31.2 Å². The molecule has 2 N–H and O–H groups in total. The molecule has 1 aromatic rings. The van der Waals surface area contributed by atoms with Crippen molar-refractivity contribution in [3.8, 4) is 0 Å². The molecule has 5 heteroatoms. The van der Waals surface area contributed by atoms with Gasteiger partial charge in [-0.3, -0.25) is 4.79 Å². The fraction of sp³-hybridized carbons (Fsp3) is 0.467. The third-order valence-electron chi connectivity index (χ3n) is 3.61. The molecule has 1 fully saturated rings. The van der Waals surface area contributed by atoms with E-state index in [2.05, 4.69) is 5.32 Å². The highest BCUT2D eigenvalue weighted by molar-refractivity contribution is 5.88. The summed E-state index contributed by atoms with van der Waals surface area (Å²) in [4.78, 5) is 22.8. The quantitative estimate of drug-likeness (QED) is 0.738. The van der Waals surface area contributed by atoms with Crippen molar-refractivity contribution in [2.75, 3.05) is 13.2 Å². The van der Waals surface area contributed by atoms with Crippen LogP contribution in [0.1, 0.15) is 24.8 Å². The van der Waals surface area contributed by atoms with Crippen LogP contribution in [0, 0.1) is 0 Å². The molecule has 1 saturated carbocycles. The number of hydrogen-bond donors (Lipinski definition) is 2. The number of carboxylic acids is 1. The van der Waals surface area contributed by atoms with Crippen LogP contribution >= 0.6 is 0 Å². The summed E-state index contributed by atoms with van der Waals surface area (Å²) in [6.07, 6.45) is 2.57. The summed E-state index contributed by atoms with van der Waals surface area (Å²) in [6, 6.07) is 9.85. The summed E-state index contributed by atoms with van der Waals surface area (Å²) in [5, 5.41) is 11.7. The molecule has 0 aliphatic heterocycles. The Morgan fingerprint density at radius 3 is 2.50 bits per heavy atom. The monoisotopic (exact) mass is 277 g/mol. The SMILES string of the molecule is O=C(COCCc1ccccc1)NC1(C(=O)O)CCC1. The molecule has 1 aliphatic rings. The summed E-state index contributed by atoms with van der Waals surface area (Å²) in [5.41, 5.74) is 0.0915. The van der Waals surface area contributed by atoms with Crippen molar-refractivity contribution in [3.63, 3.8) is 0 Å². The van der Waals surface area contributed by atoms with Gasteiger partial charge in [-0.1, -0.05) is 30.3 Å². The lowest BCUT2D eigenvalue weighted by molar-refractivity contribution is -0.152. The second kappa shape index (κ2) is 6.52. The molecule has 1 aromatic carbocycles. The van der Waals surface area contributed by atoms with Crippen molar-refractivity contribution in [1.82, 2.24) is 5.32 Å². The molecule has 0 spiro atoms. The Balaban J connectivity index is 1.67. The fourth-order valence-electron chi connectivity index (χ4n) is 2.23. The summed E-state index contributed by atoms with van der Waals surface area (Å²) >= 11 is 0. The first kappa shape index (κ1) is 14.5. The smallest absolute Gasteiger partial charge is 0.329 e. The van der Waals surface area contributed by atoms with Gasteiger partial charge >= 0.3 is 5.97 Å². The first-order valence-corrected chi connectivity index (χ1v) is 6.78. The molecule has 0 atom stereocenters. The minimum atomic E-state index is -1.06. The first-order chi connectivity index (χ1) is 9.62. The number of nitrogens with one attached hydrogen (secondary N) is 1. The van der Waals surface area contributed by atoms with Crippen LogP contribution in [0.4, 0.5) is 0 Å². The molecule has 0 heterocycles. The van der Waals surface area contributed by atoms with Gasteiger partial charge in [-0.15, -0.1) is 0 Å². The zero-order valence-electron chi connectivity index (χ0n) is 11.3. The third kappa shape index (κ3) is 3.57. The van der Waals surface area contributed by atoms with E-state index in [9.17, 15) is 9.59 Å². The third-order valence-corrected chi connectivity index (χ3v) is 3.61. The molecule has 20 heavy (non-hydrogen) atoms. The number of rotatable bonds is 7. The Bertz CT molecular complexity index is 468. The maximum absolute atomic E-state index is 11.7. The normalized spacial score (nSPS) is 16.2. The Hall–Kier alpha value is -1.88. The van der Waals surface area contributed by atoms with Crippen LogP contribution in [0.25, 0.3) is 0 Å². The zero-order chi connectivity index (χ0) is 14.4. The largest absolute Gasteiger partial charge is 0.480 e. The molecule has 0 bridgehead atoms. The zero-order valence-corrected chi connectivity index (χ0v) is 11.3. The van der Waals surface area contributed by atoms with E-state index in [1.807, 2.05) is 30.3 Å². The van der Waals surface area contributed by atoms with Gasteiger partial charge in [0.05, 0.1) is 6.61 Å². The lowest BCUT2D eigenvalue weighted by Crippen LogP contribution is -2.59. The van der Waals surface area contributed by atoms with Crippen molar-refractivity contribution in [3.05, 3.63) is 35.9 Å². The highest BCUT2D eigenvalue weighted by Crippen LogP contribution is 2.31. The second-order valence-electron chi connectivity index (χ2n) is 5.08. The highest BCUT2D eigenvalue weighted by Gasteiger charge is 2.45. The van der Waals surface area contributed by atoms with Crippen LogP contribution in [0.15, 0.2) is 30.3 Å². The highest BCUT2D eigenvalue weighted by atomic mass is 16.5. The van der Waals surface area contributed by atoms with Crippen molar-refractivity contribution < 1.29 is 19.4 Å². The number of carbonyl (C=O) groups excluding carboxylic acids is 1. The minimum Gasteiger partial charge on any atom is -0.480 e. The van der Waals surface area contributed by atoms with E-state index in [1.165, 1.54) is 0 Å². The summed E-state index contributed by atoms with van der Waals surface area (Å²) < 4.78 is 5.29. The molecule has 0 radical (unpaired) electrons. The van der Waals surface area contributed by atoms with Crippen LogP contribution < -0.4 is 5.32 Å². The molecule has 5 nitrogen and oxygen atoms in total. The van der Waals surface area contributed by atoms with Gasteiger partial charge < -0.3 is 15.2 Å². The fourth-order valence-corrected chi connectivity index (χ4v) is 2.23. The van der Waals surface area contributed by atoms with E-state index in [1.54, 1.807) is 0 Å². The van der Waals surface area contributed by atoms with Crippen molar-refractivity contribution in [1.29, 1.82) is 0 Å². The average molecular weight is 277 g/mol. The van der Waals surface area contributed by atoms with Crippen LogP contribution in [0.3, 0.4) is 0 Å². The molecule has 0 saturated heterocycles. The summed E-state index contributed by atoms with van der Waals surface area (Å²) in [5.74, 6) is -1.32. The Kier molecular flexibility index (Phi) is 4.74. The van der Waals surface area contributed by atoms with E-state index in [4.69, 9.17) is 9.84 Å². The van der Waals surface area contributed by atoms with E-state index >= 15 is 0 Å². The molecule has 0 unspecified atom stereocenters. The molecular formula is C15H19NO4. The predicted molar refractivity (Wildman–Crippen MR) is 73.3 cm³/mol. The number of carboxylic acid groups (broad SMARTS) is 1. The molecule has 108 valence electrons. The molecule has 0 aromatic heterocycles. The van der Waals surface area contributed by atoms with Crippen molar-refractivity contribution in [2.24, 2.45) is 0 Å². The number of aliphatic carboxylic acids is 1. The summed E-state index contributed by atoms with van der Waals surface area (Å²) in [6.45, 7) is 0.347. The number of carbonyl (C=O) groups is 2. The van der Waals surface area contributed by atoms with Gasteiger partial charge in [0, 0.05) is 0 Å². The second-order valence-corrected chi connectivity index (χ2v) is 5.08.